The fourth-order valence-electron chi connectivity index (χ4n) is 0.703. The van der Waals surface area contributed by atoms with Crippen molar-refractivity contribution in [2.24, 2.45) is 5.11 Å². The van der Waals surface area contributed by atoms with Crippen molar-refractivity contribution < 1.29 is 0 Å². The smallest absolute Gasteiger partial charge is 0.0345 e. The van der Waals surface area contributed by atoms with Crippen molar-refractivity contribution in [3.8, 4) is 0 Å². The normalized spacial score (nSPS) is 11.7. The molecule has 0 fully saturated rings. The number of nitrogens with zero attached hydrogens (tertiary/aromatic N) is 3. The monoisotopic (exact) mass is 139 g/mol. The van der Waals surface area contributed by atoms with Crippen LogP contribution in [-0.4, -0.2) is 6.04 Å². The Morgan fingerprint density at radius 3 is 3.00 bits per heavy atom. The SMILES string of the molecule is C=CCCC[C@@H](C)N=[N+]=[N-]. The van der Waals surface area contributed by atoms with Gasteiger partial charge in [0.1, 0.15) is 0 Å². The summed E-state index contributed by atoms with van der Waals surface area (Å²) in [5.74, 6) is 0. The molecular formula is C7H13N3. The molecule has 0 aliphatic heterocycles. The van der Waals surface area contributed by atoms with Gasteiger partial charge in [0.15, 0.2) is 0 Å². The minimum Gasteiger partial charge on any atom is -0.103 e. The van der Waals surface area contributed by atoms with Crippen molar-refractivity contribution in [3.05, 3.63) is 23.1 Å². The molecule has 0 aromatic carbocycles. The predicted octanol–water partition coefficient (Wildman–Crippen LogP) is 3.04. The molecule has 0 unspecified atom stereocenters. The van der Waals surface area contributed by atoms with Crippen LogP contribution >= 0.6 is 0 Å². The van der Waals surface area contributed by atoms with Crippen molar-refractivity contribution >= 4 is 0 Å². The maximum atomic E-state index is 8.03. The van der Waals surface area contributed by atoms with E-state index in [-0.39, 0.29) is 6.04 Å². The number of azide groups is 1. The Labute approximate surface area is 61.4 Å². The van der Waals surface area contributed by atoms with Gasteiger partial charge in [-0.15, -0.1) is 6.58 Å². The molecule has 0 saturated heterocycles. The van der Waals surface area contributed by atoms with Crippen LogP contribution in [0.4, 0.5) is 0 Å². The van der Waals surface area contributed by atoms with Crippen LogP contribution < -0.4 is 0 Å². The highest BCUT2D eigenvalue weighted by Crippen LogP contribution is 2.03. The van der Waals surface area contributed by atoms with Gasteiger partial charge in [0.2, 0.25) is 0 Å². The first-order chi connectivity index (χ1) is 4.81. The Bertz CT molecular complexity index is 136. The molecule has 0 aliphatic rings. The van der Waals surface area contributed by atoms with Crippen LogP contribution in [0.3, 0.4) is 0 Å². The summed E-state index contributed by atoms with van der Waals surface area (Å²) in [4.78, 5) is 2.71. The lowest BCUT2D eigenvalue weighted by Crippen LogP contribution is -1.94. The average molecular weight is 139 g/mol. The summed E-state index contributed by atoms with van der Waals surface area (Å²) in [6, 6.07) is 0.130. The molecular weight excluding hydrogens is 126 g/mol. The van der Waals surface area contributed by atoms with Crippen LogP contribution in [0.5, 0.6) is 0 Å². The molecule has 3 nitrogen and oxygen atoms in total. The van der Waals surface area contributed by atoms with Crippen LogP contribution in [-0.2, 0) is 0 Å². The first-order valence-electron chi connectivity index (χ1n) is 3.46. The van der Waals surface area contributed by atoms with E-state index >= 15 is 0 Å². The van der Waals surface area contributed by atoms with Gasteiger partial charge in [0.25, 0.3) is 0 Å². The van der Waals surface area contributed by atoms with Gasteiger partial charge >= 0.3 is 0 Å². The zero-order chi connectivity index (χ0) is 7.82. The van der Waals surface area contributed by atoms with Crippen molar-refractivity contribution in [1.82, 2.24) is 0 Å². The van der Waals surface area contributed by atoms with Gasteiger partial charge in [0.05, 0.1) is 0 Å². The lowest BCUT2D eigenvalue weighted by Gasteiger charge is -1.99. The van der Waals surface area contributed by atoms with E-state index in [1.807, 2.05) is 13.0 Å². The molecule has 0 N–H and O–H groups in total. The summed E-state index contributed by atoms with van der Waals surface area (Å²) in [6.45, 7) is 5.52. The Balaban J connectivity index is 3.29. The van der Waals surface area contributed by atoms with Crippen molar-refractivity contribution in [2.75, 3.05) is 0 Å². The molecule has 0 heterocycles. The second-order valence-corrected chi connectivity index (χ2v) is 2.27. The van der Waals surface area contributed by atoms with Gasteiger partial charge in [-0.1, -0.05) is 18.1 Å². The molecule has 0 saturated carbocycles. The average Bonchev–Trinajstić information content (AvgIpc) is 1.89. The topological polar surface area (TPSA) is 48.8 Å². The largest absolute Gasteiger partial charge is 0.103 e. The molecule has 0 radical (unpaired) electrons. The molecule has 0 rings (SSSR count). The fraction of sp³-hybridized carbons (Fsp3) is 0.714. The van der Waals surface area contributed by atoms with Crippen molar-refractivity contribution in [2.45, 2.75) is 32.2 Å². The fourth-order valence-corrected chi connectivity index (χ4v) is 0.703. The molecule has 0 aliphatic carbocycles. The van der Waals surface area contributed by atoms with Crippen molar-refractivity contribution in [1.29, 1.82) is 0 Å². The number of hydrogen-bond acceptors (Lipinski definition) is 1. The summed E-state index contributed by atoms with van der Waals surface area (Å²) in [5.41, 5.74) is 8.03. The Kier molecular flexibility index (Phi) is 5.59. The summed E-state index contributed by atoms with van der Waals surface area (Å²) in [5, 5.41) is 3.54. The highest BCUT2D eigenvalue weighted by atomic mass is 15.1. The lowest BCUT2D eigenvalue weighted by atomic mass is 10.1. The number of allylic oxidation sites excluding steroid dienone is 1. The van der Waals surface area contributed by atoms with E-state index in [1.165, 1.54) is 0 Å². The van der Waals surface area contributed by atoms with Gasteiger partial charge < -0.3 is 0 Å². The van der Waals surface area contributed by atoms with Gasteiger partial charge in [-0.3, -0.25) is 0 Å². The van der Waals surface area contributed by atoms with Crippen LogP contribution in [0.15, 0.2) is 17.8 Å². The molecule has 0 spiro atoms. The number of hydrogen-bond donors (Lipinski definition) is 0. The molecule has 10 heavy (non-hydrogen) atoms. The molecule has 56 valence electrons. The van der Waals surface area contributed by atoms with Crippen LogP contribution in [0.2, 0.25) is 0 Å². The van der Waals surface area contributed by atoms with Crippen LogP contribution in [0, 0.1) is 0 Å². The maximum absolute atomic E-state index is 8.03. The molecule has 3 heteroatoms. The Morgan fingerprint density at radius 2 is 2.50 bits per heavy atom. The summed E-state index contributed by atoms with van der Waals surface area (Å²) < 4.78 is 0. The Hall–Kier alpha value is -0.950. The molecule has 0 aromatic heterocycles. The van der Waals surface area contributed by atoms with Gasteiger partial charge in [-0.25, -0.2) is 0 Å². The Morgan fingerprint density at radius 1 is 1.80 bits per heavy atom. The predicted molar refractivity (Wildman–Crippen MR) is 42.7 cm³/mol. The molecule has 0 bridgehead atoms. The first-order valence-corrected chi connectivity index (χ1v) is 3.46. The van der Waals surface area contributed by atoms with E-state index in [9.17, 15) is 0 Å². The zero-order valence-corrected chi connectivity index (χ0v) is 6.32. The van der Waals surface area contributed by atoms with E-state index in [1.54, 1.807) is 0 Å². The zero-order valence-electron chi connectivity index (χ0n) is 6.32. The van der Waals surface area contributed by atoms with Gasteiger partial charge in [0, 0.05) is 11.0 Å². The van der Waals surface area contributed by atoms with Crippen LogP contribution in [0.1, 0.15) is 26.2 Å². The van der Waals surface area contributed by atoms with Crippen molar-refractivity contribution in [3.63, 3.8) is 0 Å². The van der Waals surface area contributed by atoms with E-state index in [0.717, 1.165) is 19.3 Å². The quantitative estimate of drug-likeness (QED) is 0.185. The second-order valence-electron chi connectivity index (χ2n) is 2.27. The highest BCUT2D eigenvalue weighted by molar-refractivity contribution is 4.68. The third-order valence-electron chi connectivity index (χ3n) is 1.28. The number of rotatable bonds is 5. The third-order valence-corrected chi connectivity index (χ3v) is 1.28. The summed E-state index contributed by atoms with van der Waals surface area (Å²) in [6.07, 6.45) is 4.90. The molecule has 0 aromatic rings. The van der Waals surface area contributed by atoms with Gasteiger partial charge in [-0.05, 0) is 24.8 Å². The second kappa shape index (κ2) is 6.17. The lowest BCUT2D eigenvalue weighted by molar-refractivity contribution is 0.627. The van der Waals surface area contributed by atoms with E-state index in [2.05, 4.69) is 16.6 Å². The van der Waals surface area contributed by atoms with Crippen LogP contribution in [0.25, 0.3) is 10.4 Å². The highest BCUT2D eigenvalue weighted by Gasteiger charge is 1.94. The van der Waals surface area contributed by atoms with E-state index in [4.69, 9.17) is 5.53 Å². The van der Waals surface area contributed by atoms with E-state index in [0.29, 0.717) is 0 Å². The number of unbranched alkanes of at least 4 members (excludes halogenated alkanes) is 1. The maximum Gasteiger partial charge on any atom is 0.0345 e. The minimum absolute atomic E-state index is 0.130. The first kappa shape index (κ1) is 9.05. The van der Waals surface area contributed by atoms with Gasteiger partial charge in [-0.2, -0.15) is 0 Å². The summed E-state index contributed by atoms with van der Waals surface area (Å²) in [7, 11) is 0. The molecule has 1 atom stereocenters. The minimum atomic E-state index is 0.130. The standard InChI is InChI=1S/C7H13N3/c1-3-4-5-6-7(2)9-10-8/h3,7H,1,4-6H2,2H3/t7-/m1/s1. The van der Waals surface area contributed by atoms with E-state index < -0.39 is 0 Å². The summed E-state index contributed by atoms with van der Waals surface area (Å²) >= 11 is 0. The molecule has 0 amide bonds. The third kappa shape index (κ3) is 5.19.